The highest BCUT2D eigenvalue weighted by Gasteiger charge is 2.60. The topological polar surface area (TPSA) is 76.7 Å². The number of H-pyrrole nitrogens is 1. The largest absolute Gasteiger partial charge is 0.361 e. The summed E-state index contributed by atoms with van der Waals surface area (Å²) in [5.41, 5.74) is 1.62. The van der Waals surface area contributed by atoms with Crippen LogP contribution >= 0.6 is 11.6 Å². The average molecular weight is 505 g/mol. The molecule has 8 heteroatoms. The van der Waals surface area contributed by atoms with Gasteiger partial charge in [0.15, 0.2) is 0 Å². The van der Waals surface area contributed by atoms with Crippen molar-refractivity contribution in [2.45, 2.75) is 30.7 Å². The van der Waals surface area contributed by atoms with Crippen molar-refractivity contribution in [1.82, 2.24) is 19.7 Å². The van der Waals surface area contributed by atoms with E-state index < -0.39 is 11.5 Å². The van der Waals surface area contributed by atoms with Gasteiger partial charge in [0.1, 0.15) is 5.41 Å². The Bertz CT molecular complexity index is 1310. The van der Waals surface area contributed by atoms with Gasteiger partial charge in [0, 0.05) is 66.8 Å². The van der Waals surface area contributed by atoms with E-state index in [-0.39, 0.29) is 18.2 Å². The Balaban J connectivity index is 1.52. The summed E-state index contributed by atoms with van der Waals surface area (Å²) in [5.74, 6) is 0.451. The maximum Gasteiger partial charge on any atom is 0.236 e. The Kier molecular flexibility index (Phi) is 5.75. The number of carbonyl (C=O) groups is 3. The summed E-state index contributed by atoms with van der Waals surface area (Å²) >= 11 is 6.27. The smallest absolute Gasteiger partial charge is 0.236 e. The predicted molar refractivity (Wildman–Crippen MR) is 137 cm³/mol. The van der Waals surface area contributed by atoms with Crippen LogP contribution in [0.25, 0.3) is 10.9 Å². The normalized spacial score (nSPS) is 24.5. The number of fused-ring (bicyclic) bond motifs is 1. The highest BCUT2D eigenvalue weighted by atomic mass is 35.5. The highest BCUT2D eigenvalue weighted by molar-refractivity contribution is 6.31. The van der Waals surface area contributed by atoms with E-state index in [1.807, 2.05) is 64.5 Å². The van der Waals surface area contributed by atoms with Crippen molar-refractivity contribution in [3.8, 4) is 0 Å². The number of halogens is 1. The summed E-state index contributed by atoms with van der Waals surface area (Å²) in [7, 11) is 0. The molecule has 3 aromatic rings. The first kappa shape index (κ1) is 23.1. The van der Waals surface area contributed by atoms with E-state index in [0.29, 0.717) is 43.7 Å². The number of amides is 3. The minimum Gasteiger partial charge on any atom is -0.361 e. The molecule has 2 unspecified atom stereocenters. The molecule has 2 aromatic carbocycles. The molecule has 0 spiro atoms. The van der Waals surface area contributed by atoms with Gasteiger partial charge in [0.05, 0.1) is 6.04 Å². The van der Waals surface area contributed by atoms with Crippen LogP contribution < -0.4 is 0 Å². The van der Waals surface area contributed by atoms with Gasteiger partial charge >= 0.3 is 0 Å². The molecule has 1 saturated carbocycles. The molecule has 3 fully saturated rings. The van der Waals surface area contributed by atoms with Gasteiger partial charge in [-0.15, -0.1) is 0 Å². The molecule has 1 aliphatic carbocycles. The summed E-state index contributed by atoms with van der Waals surface area (Å²) in [6.07, 6.45) is 5.13. The number of carbonyl (C=O) groups excluding carboxylic acids is 3. The van der Waals surface area contributed by atoms with E-state index in [1.54, 1.807) is 4.90 Å². The first-order valence-corrected chi connectivity index (χ1v) is 13.0. The van der Waals surface area contributed by atoms with E-state index in [4.69, 9.17) is 11.6 Å². The third-order valence-electron chi connectivity index (χ3n) is 8.07. The van der Waals surface area contributed by atoms with Gasteiger partial charge < -0.3 is 19.7 Å². The summed E-state index contributed by atoms with van der Waals surface area (Å²) in [6.45, 7) is 2.56. The molecular weight excluding hydrogens is 476 g/mol. The van der Waals surface area contributed by atoms with Gasteiger partial charge in [-0.1, -0.05) is 48.0 Å². The van der Waals surface area contributed by atoms with E-state index in [9.17, 15) is 14.4 Å². The number of hydrogen-bond donors (Lipinski definition) is 1. The van der Waals surface area contributed by atoms with Crippen LogP contribution in [0.2, 0.25) is 5.02 Å². The van der Waals surface area contributed by atoms with Crippen LogP contribution in [0, 0.1) is 5.92 Å². The maximum absolute atomic E-state index is 14.6. The number of hydrogen-bond acceptors (Lipinski definition) is 3. The molecule has 7 nitrogen and oxygen atoms in total. The number of benzene rings is 2. The molecule has 2 aliphatic heterocycles. The van der Waals surface area contributed by atoms with Crippen molar-refractivity contribution >= 4 is 40.7 Å². The summed E-state index contributed by atoms with van der Waals surface area (Å²) in [5, 5.41) is 1.60. The fraction of sp³-hybridized carbons (Fsp3) is 0.393. The zero-order chi connectivity index (χ0) is 24.9. The van der Waals surface area contributed by atoms with Crippen LogP contribution in [-0.2, 0) is 19.8 Å². The number of rotatable bonds is 6. The minimum atomic E-state index is -1.06. The van der Waals surface area contributed by atoms with Crippen molar-refractivity contribution < 1.29 is 14.4 Å². The fourth-order valence-corrected chi connectivity index (χ4v) is 6.21. The molecule has 186 valence electrons. The molecule has 36 heavy (non-hydrogen) atoms. The number of nitrogens with one attached hydrogen (secondary N) is 1. The lowest BCUT2D eigenvalue weighted by molar-refractivity contribution is -0.142. The van der Waals surface area contributed by atoms with Crippen LogP contribution in [0.15, 0.2) is 54.7 Å². The molecule has 3 heterocycles. The fourth-order valence-electron chi connectivity index (χ4n) is 6.04. The molecule has 2 saturated heterocycles. The Morgan fingerprint density at radius 1 is 1.08 bits per heavy atom. The molecule has 0 radical (unpaired) electrons. The predicted octanol–water partition coefficient (Wildman–Crippen LogP) is 3.74. The van der Waals surface area contributed by atoms with Crippen LogP contribution in [0.4, 0.5) is 0 Å². The van der Waals surface area contributed by atoms with Crippen molar-refractivity contribution in [3.05, 3.63) is 70.9 Å². The van der Waals surface area contributed by atoms with Gasteiger partial charge in [-0.3, -0.25) is 14.4 Å². The van der Waals surface area contributed by atoms with Crippen LogP contribution in [0.5, 0.6) is 0 Å². The first-order valence-electron chi connectivity index (χ1n) is 12.6. The third-order valence-corrected chi connectivity index (χ3v) is 8.31. The van der Waals surface area contributed by atoms with Crippen LogP contribution in [-0.4, -0.2) is 70.6 Å². The lowest BCUT2D eigenvalue weighted by Crippen LogP contribution is -2.56. The maximum atomic E-state index is 14.6. The van der Waals surface area contributed by atoms with Crippen molar-refractivity contribution in [2.75, 3.05) is 32.7 Å². The summed E-state index contributed by atoms with van der Waals surface area (Å²) < 4.78 is 0. The van der Waals surface area contributed by atoms with Crippen molar-refractivity contribution in [1.29, 1.82) is 0 Å². The second-order valence-electron chi connectivity index (χ2n) is 10.3. The minimum absolute atomic E-state index is 0.0129. The Morgan fingerprint density at radius 2 is 1.83 bits per heavy atom. The Morgan fingerprint density at radius 3 is 2.53 bits per heavy atom. The number of aromatic nitrogens is 1. The molecule has 3 amide bonds. The third kappa shape index (κ3) is 3.77. The number of piperazine rings is 1. The highest BCUT2D eigenvalue weighted by Crippen LogP contribution is 2.53. The molecule has 2 atom stereocenters. The van der Waals surface area contributed by atoms with E-state index in [1.165, 1.54) is 0 Å². The molecule has 0 bridgehead atoms. The second-order valence-corrected chi connectivity index (χ2v) is 10.7. The number of aromatic amines is 1. The number of likely N-dealkylation sites (tertiary alicyclic amines) is 1. The summed E-state index contributed by atoms with van der Waals surface area (Å²) in [6, 6.07) is 15.0. The molecular formula is C28H29ClN4O3. The van der Waals surface area contributed by atoms with Crippen LogP contribution in [0.1, 0.15) is 36.4 Å². The molecule has 6 rings (SSSR count). The molecule has 3 aliphatic rings. The van der Waals surface area contributed by atoms with E-state index >= 15 is 0 Å². The Labute approximate surface area is 215 Å². The van der Waals surface area contributed by atoms with Crippen molar-refractivity contribution in [2.24, 2.45) is 5.92 Å². The second kappa shape index (κ2) is 8.96. The first-order chi connectivity index (χ1) is 17.5. The average Bonchev–Trinajstić information content (AvgIpc) is 3.57. The zero-order valence-corrected chi connectivity index (χ0v) is 20.8. The van der Waals surface area contributed by atoms with Gasteiger partial charge in [0.2, 0.25) is 18.2 Å². The Hall–Kier alpha value is -3.32. The van der Waals surface area contributed by atoms with Gasteiger partial charge in [-0.05, 0) is 36.5 Å². The van der Waals surface area contributed by atoms with E-state index in [2.05, 4.69) is 4.98 Å². The molecule has 1 aromatic heterocycles. The quantitative estimate of drug-likeness (QED) is 0.519. The van der Waals surface area contributed by atoms with Gasteiger partial charge in [0.25, 0.3) is 0 Å². The van der Waals surface area contributed by atoms with Gasteiger partial charge in [-0.2, -0.15) is 0 Å². The monoisotopic (exact) mass is 504 g/mol. The summed E-state index contributed by atoms with van der Waals surface area (Å²) in [4.78, 5) is 48.5. The SMILES string of the molecule is O=CN1CCN(C(=O)C2(c3ccccc3)CC(=O)N(CC3CC3)C2c2c[nH]c3cc(Cl)ccc23)CC1. The van der Waals surface area contributed by atoms with Crippen LogP contribution in [0.3, 0.4) is 0 Å². The molecule has 1 N–H and O–H groups in total. The lowest BCUT2D eigenvalue weighted by Gasteiger charge is -2.42. The zero-order valence-electron chi connectivity index (χ0n) is 20.0. The number of nitrogens with zero attached hydrogens (tertiary/aromatic N) is 3. The van der Waals surface area contributed by atoms with Gasteiger partial charge in [-0.25, -0.2) is 0 Å². The van der Waals surface area contributed by atoms with E-state index in [0.717, 1.165) is 41.3 Å². The standard InChI is InChI=1S/C28H29ClN4O3/c29-21-8-9-22-23(16-30-24(22)14-21)26-28(20-4-2-1-3-5-20,15-25(35)33(26)17-19-6-7-19)27(36)32-12-10-31(18-34)11-13-32/h1-5,8-9,14,16,18-19,26,30H,6-7,10-13,15,17H2. The van der Waals surface area contributed by atoms with Crippen molar-refractivity contribution in [3.63, 3.8) is 0 Å². The lowest BCUT2D eigenvalue weighted by atomic mass is 9.70.